The van der Waals surface area contributed by atoms with Crippen molar-refractivity contribution < 1.29 is 14.3 Å². The van der Waals surface area contributed by atoms with Crippen LogP contribution in [0.25, 0.3) is 10.8 Å². The van der Waals surface area contributed by atoms with Gasteiger partial charge >= 0.3 is 6.03 Å². The number of hydrogen-bond acceptors (Lipinski definition) is 3. The molecule has 0 aromatic heterocycles. The molecule has 2 atom stereocenters. The molecule has 2 saturated heterocycles. The first-order chi connectivity index (χ1) is 11.6. The average Bonchev–Trinajstić information content (AvgIpc) is 3.18. The smallest absolute Gasteiger partial charge is 0.325 e. The van der Waals surface area contributed by atoms with Crippen LogP contribution in [0.3, 0.4) is 0 Å². The number of fused-ring (bicyclic) bond motifs is 1. The number of urea groups is 1. The van der Waals surface area contributed by atoms with E-state index in [4.69, 9.17) is 4.74 Å². The summed E-state index contributed by atoms with van der Waals surface area (Å²) in [6.07, 6.45) is 1.83. The van der Waals surface area contributed by atoms with Crippen molar-refractivity contribution in [2.24, 2.45) is 0 Å². The molecule has 2 fully saturated rings. The molecule has 2 heterocycles. The molecule has 5 heteroatoms. The zero-order valence-electron chi connectivity index (χ0n) is 13.6. The first kappa shape index (κ1) is 15.1. The van der Waals surface area contributed by atoms with Crippen molar-refractivity contribution in [1.29, 1.82) is 0 Å². The van der Waals surface area contributed by atoms with Gasteiger partial charge in [-0.2, -0.15) is 0 Å². The Bertz CT molecular complexity index is 808. The van der Waals surface area contributed by atoms with Crippen LogP contribution in [-0.2, 0) is 15.1 Å². The second-order valence-corrected chi connectivity index (χ2v) is 6.63. The van der Waals surface area contributed by atoms with Crippen molar-refractivity contribution in [3.8, 4) is 0 Å². The maximum atomic E-state index is 13.1. The average molecular weight is 324 g/mol. The van der Waals surface area contributed by atoms with Crippen molar-refractivity contribution in [3.63, 3.8) is 0 Å². The van der Waals surface area contributed by atoms with Crippen molar-refractivity contribution in [3.05, 3.63) is 48.0 Å². The Balaban J connectivity index is 1.71. The lowest BCUT2D eigenvalue weighted by atomic mass is 9.88. The second kappa shape index (κ2) is 5.60. The molecule has 3 amide bonds. The lowest BCUT2D eigenvalue weighted by Gasteiger charge is -2.24. The number of amides is 3. The highest BCUT2D eigenvalue weighted by Gasteiger charge is 2.50. The zero-order chi connectivity index (χ0) is 16.7. The van der Waals surface area contributed by atoms with E-state index < -0.39 is 5.54 Å². The van der Waals surface area contributed by atoms with E-state index in [0.29, 0.717) is 13.2 Å². The van der Waals surface area contributed by atoms with Gasteiger partial charge in [-0.25, -0.2) is 4.79 Å². The first-order valence-electron chi connectivity index (χ1n) is 8.33. The fourth-order valence-electron chi connectivity index (χ4n) is 3.70. The fraction of sp³-hybridized carbons (Fsp3) is 0.368. The molecule has 5 nitrogen and oxygen atoms in total. The summed E-state index contributed by atoms with van der Waals surface area (Å²) in [6.45, 7) is 2.81. The van der Waals surface area contributed by atoms with Gasteiger partial charge in [0.15, 0.2) is 0 Å². The number of nitrogens with zero attached hydrogens (tertiary/aromatic N) is 1. The highest BCUT2D eigenvalue weighted by atomic mass is 16.5. The molecular weight excluding hydrogens is 304 g/mol. The normalized spacial score (nSPS) is 27.0. The van der Waals surface area contributed by atoms with E-state index in [-0.39, 0.29) is 18.0 Å². The van der Waals surface area contributed by atoms with Crippen LogP contribution in [0.15, 0.2) is 42.5 Å². The molecule has 0 unspecified atom stereocenters. The van der Waals surface area contributed by atoms with Crippen LogP contribution >= 0.6 is 0 Å². The van der Waals surface area contributed by atoms with Crippen LogP contribution in [0.1, 0.15) is 25.3 Å². The monoisotopic (exact) mass is 324 g/mol. The molecule has 124 valence electrons. The van der Waals surface area contributed by atoms with Gasteiger partial charge in [-0.1, -0.05) is 42.5 Å². The molecule has 0 radical (unpaired) electrons. The van der Waals surface area contributed by atoms with Gasteiger partial charge in [0.1, 0.15) is 5.54 Å². The number of carbonyl (C=O) groups excluding carboxylic acids is 2. The topological polar surface area (TPSA) is 58.6 Å². The summed E-state index contributed by atoms with van der Waals surface area (Å²) in [5.41, 5.74) is -0.218. The number of hydrogen-bond donors (Lipinski definition) is 1. The van der Waals surface area contributed by atoms with Crippen molar-refractivity contribution in [2.75, 3.05) is 13.2 Å². The van der Waals surface area contributed by atoms with E-state index in [1.54, 1.807) is 6.92 Å². The summed E-state index contributed by atoms with van der Waals surface area (Å²) >= 11 is 0. The van der Waals surface area contributed by atoms with E-state index in [1.807, 2.05) is 42.5 Å². The fourth-order valence-corrected chi connectivity index (χ4v) is 3.70. The maximum absolute atomic E-state index is 13.1. The van der Waals surface area contributed by atoms with Crippen molar-refractivity contribution in [2.45, 2.75) is 31.4 Å². The minimum atomic E-state index is -1.05. The Labute approximate surface area is 140 Å². The number of rotatable bonds is 3. The Morgan fingerprint density at radius 2 is 2.00 bits per heavy atom. The van der Waals surface area contributed by atoms with Crippen LogP contribution in [0.4, 0.5) is 4.79 Å². The molecule has 2 aromatic carbocycles. The van der Waals surface area contributed by atoms with Gasteiger partial charge in [-0.05, 0) is 36.1 Å². The van der Waals surface area contributed by atoms with Crippen LogP contribution in [0.2, 0.25) is 0 Å². The third kappa shape index (κ3) is 2.27. The molecule has 1 N–H and O–H groups in total. The van der Waals surface area contributed by atoms with Crippen molar-refractivity contribution in [1.82, 2.24) is 10.2 Å². The first-order valence-corrected chi connectivity index (χ1v) is 8.33. The zero-order valence-corrected chi connectivity index (χ0v) is 13.6. The molecule has 0 bridgehead atoms. The Morgan fingerprint density at radius 1 is 1.21 bits per heavy atom. The molecule has 4 rings (SSSR count). The number of nitrogens with one attached hydrogen (secondary N) is 1. The predicted octanol–water partition coefficient (Wildman–Crippen LogP) is 2.79. The lowest BCUT2D eigenvalue weighted by molar-refractivity contribution is -0.132. The molecule has 0 spiro atoms. The summed E-state index contributed by atoms with van der Waals surface area (Å²) in [4.78, 5) is 26.8. The predicted molar refractivity (Wildman–Crippen MR) is 90.5 cm³/mol. The minimum Gasteiger partial charge on any atom is -0.376 e. The van der Waals surface area contributed by atoms with Gasteiger partial charge in [-0.15, -0.1) is 0 Å². The Kier molecular flexibility index (Phi) is 3.53. The SMILES string of the molecule is C[C@@]1(c2cccc3ccccc23)NC(=O)N(C[C@H]2CCCO2)C1=O. The van der Waals surface area contributed by atoms with E-state index in [1.165, 1.54) is 4.90 Å². The third-order valence-corrected chi connectivity index (χ3v) is 5.01. The highest BCUT2D eigenvalue weighted by molar-refractivity contribution is 6.09. The van der Waals surface area contributed by atoms with Crippen molar-refractivity contribution >= 4 is 22.7 Å². The summed E-state index contributed by atoms with van der Waals surface area (Å²) < 4.78 is 5.58. The molecular formula is C19H20N2O3. The van der Waals surface area contributed by atoms with E-state index in [2.05, 4.69) is 5.32 Å². The van der Waals surface area contributed by atoms with Gasteiger partial charge in [0.2, 0.25) is 0 Å². The van der Waals surface area contributed by atoms with Crippen LogP contribution in [0.5, 0.6) is 0 Å². The number of carbonyl (C=O) groups is 2. The van der Waals surface area contributed by atoms with Gasteiger partial charge < -0.3 is 10.1 Å². The number of benzene rings is 2. The van der Waals surface area contributed by atoms with Crippen LogP contribution in [0, 0.1) is 0 Å². The Morgan fingerprint density at radius 3 is 2.79 bits per heavy atom. The maximum Gasteiger partial charge on any atom is 0.325 e. The third-order valence-electron chi connectivity index (χ3n) is 5.01. The molecule has 2 aliphatic heterocycles. The van der Waals surface area contributed by atoms with Gasteiger partial charge in [0.25, 0.3) is 5.91 Å². The summed E-state index contributed by atoms with van der Waals surface area (Å²) in [5.74, 6) is -0.209. The van der Waals surface area contributed by atoms with Gasteiger partial charge in [0, 0.05) is 6.61 Å². The molecule has 0 saturated carbocycles. The minimum absolute atomic E-state index is 0.0467. The standard InChI is InChI=1S/C19H20N2O3/c1-19(16-10-4-7-13-6-2-3-9-15(13)16)17(22)21(18(23)20-19)12-14-8-5-11-24-14/h2-4,6-7,9-10,14H,5,8,11-12H2,1H3,(H,20,23)/t14-,19+/m1/s1. The summed E-state index contributed by atoms with van der Waals surface area (Å²) in [7, 11) is 0. The van der Waals surface area contributed by atoms with Crippen LogP contribution in [-0.4, -0.2) is 36.1 Å². The summed E-state index contributed by atoms with van der Waals surface area (Å²) in [6, 6.07) is 13.4. The Hall–Kier alpha value is -2.40. The van der Waals surface area contributed by atoms with E-state index in [0.717, 1.165) is 29.2 Å². The molecule has 24 heavy (non-hydrogen) atoms. The number of ether oxygens (including phenoxy) is 1. The van der Waals surface area contributed by atoms with Gasteiger partial charge in [-0.3, -0.25) is 9.69 Å². The van der Waals surface area contributed by atoms with E-state index in [9.17, 15) is 9.59 Å². The quantitative estimate of drug-likeness (QED) is 0.883. The van der Waals surface area contributed by atoms with Crippen LogP contribution < -0.4 is 5.32 Å². The largest absolute Gasteiger partial charge is 0.376 e. The lowest BCUT2D eigenvalue weighted by Crippen LogP contribution is -2.42. The van der Waals surface area contributed by atoms with E-state index >= 15 is 0 Å². The number of imide groups is 1. The molecule has 2 aliphatic rings. The molecule has 0 aliphatic carbocycles. The highest BCUT2D eigenvalue weighted by Crippen LogP contribution is 2.34. The second-order valence-electron chi connectivity index (χ2n) is 6.63. The molecule has 2 aromatic rings. The summed E-state index contributed by atoms with van der Waals surface area (Å²) in [5, 5.41) is 4.93. The van der Waals surface area contributed by atoms with Gasteiger partial charge in [0.05, 0.1) is 12.6 Å².